The van der Waals surface area contributed by atoms with Gasteiger partial charge < -0.3 is 4.74 Å². The summed E-state index contributed by atoms with van der Waals surface area (Å²) in [4.78, 5) is 11.5. The monoisotopic (exact) mass is 338 g/mol. The first-order valence-corrected chi connectivity index (χ1v) is 9.22. The second-order valence-electron chi connectivity index (χ2n) is 5.89. The number of nitrogens with one attached hydrogen (secondary N) is 2. The molecule has 0 aliphatic carbocycles. The Labute approximate surface area is 136 Å². The van der Waals surface area contributed by atoms with Gasteiger partial charge >= 0.3 is 0 Å². The van der Waals surface area contributed by atoms with Gasteiger partial charge in [0.2, 0.25) is 5.91 Å². The number of methoxy groups -OCH3 is 1. The highest BCUT2D eigenvalue weighted by Gasteiger charge is 2.24. The number of hydrogen-bond donors (Lipinski definition) is 2. The molecule has 2 unspecified atom stereocenters. The van der Waals surface area contributed by atoms with Gasteiger partial charge in [-0.25, -0.2) is 13.8 Å². The molecule has 2 atom stereocenters. The predicted octanol–water partition coefficient (Wildman–Crippen LogP) is 1.53. The van der Waals surface area contributed by atoms with Crippen molar-refractivity contribution in [2.45, 2.75) is 31.2 Å². The minimum atomic E-state index is -3.33. The lowest BCUT2D eigenvalue weighted by Crippen LogP contribution is -2.52. The number of sulfone groups is 1. The second-order valence-corrected chi connectivity index (χ2v) is 7.87. The maximum absolute atomic E-state index is 11.7. The third kappa shape index (κ3) is 4.11. The van der Waals surface area contributed by atoms with Crippen LogP contribution in [0.1, 0.15) is 25.8 Å². The van der Waals surface area contributed by atoms with Crippen molar-refractivity contribution in [3.63, 3.8) is 0 Å². The van der Waals surface area contributed by atoms with Gasteiger partial charge in [-0.3, -0.25) is 10.2 Å². The number of rotatable bonds is 4. The number of hydrogen-bond acceptors (Lipinski definition) is 5. The summed E-state index contributed by atoms with van der Waals surface area (Å²) >= 11 is 0. The van der Waals surface area contributed by atoms with Crippen molar-refractivity contribution >= 4 is 21.3 Å². The highest BCUT2D eigenvalue weighted by atomic mass is 32.2. The summed E-state index contributed by atoms with van der Waals surface area (Å²) in [5.41, 5.74) is 7.46. The van der Waals surface area contributed by atoms with Crippen LogP contribution in [0.5, 0.6) is 5.75 Å². The molecule has 1 aromatic carbocycles. The number of carbonyl (C=O) groups is 1. The van der Waals surface area contributed by atoms with Gasteiger partial charge in [0.1, 0.15) is 10.6 Å². The maximum atomic E-state index is 11.7. The average molecular weight is 338 g/mol. The van der Waals surface area contributed by atoms with E-state index in [1.165, 1.54) is 7.11 Å². The number of amides is 1. The molecule has 6 nitrogen and oxygen atoms in total. The molecule has 1 aliphatic heterocycles. The third-order valence-corrected chi connectivity index (χ3v) is 5.08. The first-order valence-electron chi connectivity index (χ1n) is 7.33. The van der Waals surface area contributed by atoms with Crippen LogP contribution in [-0.4, -0.2) is 33.7 Å². The molecular weight excluding hydrogens is 316 g/mol. The maximum Gasteiger partial charge on any atom is 0.234 e. The van der Waals surface area contributed by atoms with E-state index in [0.717, 1.165) is 17.4 Å². The molecule has 1 amide bonds. The molecule has 1 fully saturated rings. The van der Waals surface area contributed by atoms with Gasteiger partial charge in [0.05, 0.1) is 7.11 Å². The van der Waals surface area contributed by atoms with Gasteiger partial charge in [-0.1, -0.05) is 19.1 Å². The van der Waals surface area contributed by atoms with E-state index in [1.54, 1.807) is 18.2 Å². The quantitative estimate of drug-likeness (QED) is 0.870. The second kappa shape index (κ2) is 6.72. The van der Waals surface area contributed by atoms with Crippen molar-refractivity contribution in [3.8, 4) is 5.75 Å². The van der Waals surface area contributed by atoms with Crippen molar-refractivity contribution in [3.05, 3.63) is 29.8 Å². The van der Waals surface area contributed by atoms with E-state index in [1.807, 2.05) is 19.9 Å². The summed E-state index contributed by atoms with van der Waals surface area (Å²) in [6, 6.07) is 5.05. The van der Waals surface area contributed by atoms with Gasteiger partial charge in [-0.15, -0.1) is 0 Å². The molecule has 1 aliphatic rings. The molecule has 2 rings (SSSR count). The molecule has 0 saturated carbocycles. The fourth-order valence-corrected chi connectivity index (χ4v) is 3.39. The lowest BCUT2D eigenvalue weighted by Gasteiger charge is -2.28. The Hall–Kier alpha value is -1.86. The SMILES string of the molecule is COc1cc(/C(C)=C/C2NNC(=O)CC2C)ccc1S(C)(=O)=O. The zero-order valence-electron chi connectivity index (χ0n) is 13.7. The molecule has 1 aromatic rings. The number of carbonyl (C=O) groups excluding carboxylic acids is 1. The lowest BCUT2D eigenvalue weighted by atomic mass is 9.93. The van der Waals surface area contributed by atoms with Crippen LogP contribution >= 0.6 is 0 Å². The summed E-state index contributed by atoms with van der Waals surface area (Å²) in [6.07, 6.45) is 3.65. The Morgan fingerprint density at radius 2 is 2.09 bits per heavy atom. The molecule has 2 N–H and O–H groups in total. The zero-order valence-corrected chi connectivity index (χ0v) is 14.5. The topological polar surface area (TPSA) is 84.5 Å². The fraction of sp³-hybridized carbons (Fsp3) is 0.438. The van der Waals surface area contributed by atoms with Gasteiger partial charge in [0.15, 0.2) is 9.84 Å². The summed E-state index contributed by atoms with van der Waals surface area (Å²) < 4.78 is 28.7. The van der Waals surface area contributed by atoms with Crippen molar-refractivity contribution in [2.24, 2.45) is 5.92 Å². The number of hydrazine groups is 1. The zero-order chi connectivity index (χ0) is 17.2. The van der Waals surface area contributed by atoms with Crippen molar-refractivity contribution in [1.29, 1.82) is 0 Å². The molecule has 7 heteroatoms. The predicted molar refractivity (Wildman–Crippen MR) is 88.6 cm³/mol. The van der Waals surface area contributed by atoms with Gasteiger partial charge in [0.25, 0.3) is 0 Å². The van der Waals surface area contributed by atoms with Crippen LogP contribution in [0.3, 0.4) is 0 Å². The summed E-state index contributed by atoms with van der Waals surface area (Å²) in [5.74, 6) is 0.491. The third-order valence-electron chi connectivity index (χ3n) is 3.95. The van der Waals surface area contributed by atoms with E-state index in [2.05, 4.69) is 10.9 Å². The van der Waals surface area contributed by atoms with E-state index in [0.29, 0.717) is 12.2 Å². The molecule has 126 valence electrons. The van der Waals surface area contributed by atoms with E-state index in [-0.39, 0.29) is 22.8 Å². The van der Waals surface area contributed by atoms with Crippen LogP contribution in [0.15, 0.2) is 29.2 Å². The molecule has 1 saturated heterocycles. The van der Waals surface area contributed by atoms with Crippen LogP contribution in [0.25, 0.3) is 5.57 Å². The Kier molecular flexibility index (Phi) is 5.11. The molecule has 0 aromatic heterocycles. The fourth-order valence-electron chi connectivity index (χ4n) is 2.57. The lowest BCUT2D eigenvalue weighted by molar-refractivity contribution is -0.125. The number of benzene rings is 1. The first-order chi connectivity index (χ1) is 10.7. The Morgan fingerprint density at radius 1 is 1.39 bits per heavy atom. The van der Waals surface area contributed by atoms with E-state index in [4.69, 9.17) is 4.74 Å². The van der Waals surface area contributed by atoms with Crippen LogP contribution in [0.4, 0.5) is 0 Å². The van der Waals surface area contributed by atoms with Crippen LogP contribution in [-0.2, 0) is 14.6 Å². The number of allylic oxidation sites excluding steroid dienone is 1. The first kappa shape index (κ1) is 17.5. The number of ether oxygens (including phenoxy) is 1. The molecule has 0 bridgehead atoms. The molecule has 0 spiro atoms. The van der Waals surface area contributed by atoms with Crippen molar-refractivity contribution < 1.29 is 17.9 Å². The normalized spacial score (nSPS) is 22.6. The molecule has 0 radical (unpaired) electrons. The minimum absolute atomic E-state index is 0.0148. The van der Waals surface area contributed by atoms with E-state index < -0.39 is 9.84 Å². The highest BCUT2D eigenvalue weighted by molar-refractivity contribution is 7.90. The van der Waals surface area contributed by atoms with Crippen LogP contribution in [0, 0.1) is 5.92 Å². The van der Waals surface area contributed by atoms with Gasteiger partial charge in [-0.05, 0) is 36.1 Å². The molecule has 23 heavy (non-hydrogen) atoms. The summed E-state index contributed by atoms with van der Waals surface area (Å²) in [7, 11) is -1.88. The van der Waals surface area contributed by atoms with Gasteiger partial charge in [-0.2, -0.15) is 0 Å². The smallest absolute Gasteiger partial charge is 0.234 e. The summed E-state index contributed by atoms with van der Waals surface area (Å²) in [5, 5.41) is 0. The van der Waals surface area contributed by atoms with Crippen LogP contribution in [0.2, 0.25) is 0 Å². The molecule has 1 heterocycles. The highest BCUT2D eigenvalue weighted by Crippen LogP contribution is 2.28. The Morgan fingerprint density at radius 3 is 2.65 bits per heavy atom. The van der Waals surface area contributed by atoms with Crippen molar-refractivity contribution in [1.82, 2.24) is 10.9 Å². The van der Waals surface area contributed by atoms with Crippen molar-refractivity contribution in [2.75, 3.05) is 13.4 Å². The van der Waals surface area contributed by atoms with E-state index in [9.17, 15) is 13.2 Å². The standard InChI is InChI=1S/C16H22N2O4S/c1-10(7-13-11(2)8-16(19)18-17-13)12-5-6-15(23(4,20)21)14(9-12)22-3/h5-7,9,11,13,17H,8H2,1-4H3,(H,18,19)/b10-7+. The summed E-state index contributed by atoms with van der Waals surface area (Å²) in [6.45, 7) is 3.95. The van der Waals surface area contributed by atoms with Crippen LogP contribution < -0.4 is 15.6 Å². The average Bonchev–Trinajstić information content (AvgIpc) is 2.48. The van der Waals surface area contributed by atoms with Gasteiger partial charge in [0, 0.05) is 18.7 Å². The Bertz CT molecular complexity index is 740. The Balaban J connectivity index is 2.31. The van der Waals surface area contributed by atoms with E-state index >= 15 is 0 Å². The minimum Gasteiger partial charge on any atom is -0.495 e. The molecular formula is C16H22N2O4S. The largest absolute Gasteiger partial charge is 0.495 e.